The summed E-state index contributed by atoms with van der Waals surface area (Å²) in [5, 5.41) is 4.82. The molecule has 2 saturated heterocycles. The number of nitrogens with one attached hydrogen (secondary N) is 6. The summed E-state index contributed by atoms with van der Waals surface area (Å²) in [5.41, 5.74) is 24.6. The molecule has 0 spiro atoms. The minimum atomic E-state index is -0.742. The number of ether oxygens (including phenoxy) is 2. The first-order chi connectivity index (χ1) is 55.6. The van der Waals surface area contributed by atoms with Gasteiger partial charge in [-0.25, -0.2) is 15.0 Å². The van der Waals surface area contributed by atoms with Crippen LogP contribution in [0, 0.1) is 0 Å². The van der Waals surface area contributed by atoms with Gasteiger partial charge in [0.2, 0.25) is 41.4 Å². The summed E-state index contributed by atoms with van der Waals surface area (Å²) in [6.45, 7) is 29.5. The van der Waals surface area contributed by atoms with Crippen molar-refractivity contribution in [1.29, 1.82) is 0 Å². The van der Waals surface area contributed by atoms with Crippen molar-refractivity contribution in [3.05, 3.63) is 114 Å². The molecule has 3 aliphatic heterocycles. The number of hydrogen-bond donors (Lipinski definition) is 7. The van der Waals surface area contributed by atoms with Gasteiger partial charge in [-0.2, -0.15) is 0 Å². The quantitative estimate of drug-likeness (QED) is 0.0176. The minimum absolute atomic E-state index is 0.0390. The lowest BCUT2D eigenvalue weighted by Gasteiger charge is -2.34. The third-order valence-corrected chi connectivity index (χ3v) is 21.4. The van der Waals surface area contributed by atoms with Gasteiger partial charge in [0.25, 0.3) is 0 Å². The lowest BCUT2D eigenvalue weighted by Crippen LogP contribution is -2.52. The predicted octanol–water partition coefficient (Wildman–Crippen LogP) is 9.37. The molecular weight excluding hydrogens is 1470 g/mol. The van der Waals surface area contributed by atoms with Gasteiger partial charge in [-0.3, -0.25) is 38.6 Å². The Kier molecular flexibility index (Phi) is 29.5. The topological polar surface area (TPSA) is 318 Å². The Morgan fingerprint density at radius 3 is 1.53 bits per heavy atom. The van der Waals surface area contributed by atoms with Gasteiger partial charge in [0.05, 0.1) is 91.3 Å². The molecule has 11 rings (SSSR count). The number of carbonyl (C=O) groups excluding carboxylic acids is 7. The molecule has 3 aromatic heterocycles. The third-order valence-electron chi connectivity index (χ3n) is 21.4. The zero-order valence-corrected chi connectivity index (χ0v) is 70.2. The van der Waals surface area contributed by atoms with Gasteiger partial charge in [0.1, 0.15) is 29.0 Å². The third kappa shape index (κ3) is 23.1. The molecule has 0 bridgehead atoms. The number of aromatic nitrogens is 6. The molecule has 2 fully saturated rings. The number of aromatic amines is 3. The number of nitrogens with zero attached hydrogens (tertiary/aromatic N) is 13. The van der Waals surface area contributed by atoms with Crippen LogP contribution in [0.5, 0.6) is 11.5 Å². The highest BCUT2D eigenvalue weighted by Crippen LogP contribution is 2.43. The van der Waals surface area contributed by atoms with Crippen molar-refractivity contribution in [2.45, 2.75) is 138 Å². The van der Waals surface area contributed by atoms with Crippen molar-refractivity contribution in [2.75, 3.05) is 168 Å². The van der Waals surface area contributed by atoms with Crippen LogP contribution in [-0.4, -0.2) is 269 Å². The molecular formula is C87H122N20O9. The van der Waals surface area contributed by atoms with Crippen molar-refractivity contribution in [3.8, 4) is 45.7 Å². The number of hydrazine groups is 2. The van der Waals surface area contributed by atoms with Gasteiger partial charge in [-0.05, 0) is 149 Å². The molecule has 0 saturated carbocycles. The molecule has 8 aromatic rings. The molecule has 0 unspecified atom stereocenters. The number of H-pyrrole nitrogens is 3. The Morgan fingerprint density at radius 2 is 0.974 bits per heavy atom. The monoisotopic (exact) mass is 1590 g/mol. The van der Waals surface area contributed by atoms with Gasteiger partial charge >= 0.3 is 0 Å². The zero-order chi connectivity index (χ0) is 82.8. The van der Waals surface area contributed by atoms with Crippen molar-refractivity contribution >= 4 is 85.8 Å². The van der Waals surface area contributed by atoms with Crippen molar-refractivity contribution in [3.63, 3.8) is 0 Å². The Hall–Kier alpha value is -10.8. The van der Waals surface area contributed by atoms with Gasteiger partial charge in [-0.1, -0.05) is 81.4 Å². The lowest BCUT2D eigenvalue weighted by atomic mass is 9.78. The Bertz CT molecular complexity index is 4710. The van der Waals surface area contributed by atoms with E-state index in [1.165, 1.54) is 35.9 Å². The van der Waals surface area contributed by atoms with E-state index in [-0.39, 0.29) is 100 Å². The second kappa shape index (κ2) is 39.7. The number of piperazine rings is 2. The fourth-order valence-electron chi connectivity index (χ4n) is 14.9. The predicted molar refractivity (Wildman–Crippen MR) is 456 cm³/mol. The Morgan fingerprint density at radius 1 is 0.491 bits per heavy atom. The molecule has 0 atom stereocenters. The van der Waals surface area contributed by atoms with Crippen LogP contribution in [0.2, 0.25) is 0 Å². The first-order valence-electron chi connectivity index (χ1n) is 41.5. The number of primary amides is 1. The molecule has 7 amide bonds. The number of likely N-dealkylation sites (N-methyl/N-ethyl adjacent to an activating group) is 2. The summed E-state index contributed by atoms with van der Waals surface area (Å²) in [4.78, 5) is 139. The first-order valence-corrected chi connectivity index (χ1v) is 41.5. The van der Waals surface area contributed by atoms with E-state index in [0.717, 1.165) is 131 Å². The van der Waals surface area contributed by atoms with Crippen LogP contribution in [0.4, 0.5) is 11.4 Å². The van der Waals surface area contributed by atoms with Crippen LogP contribution in [-0.2, 0) is 44.4 Å². The van der Waals surface area contributed by atoms with E-state index in [1.807, 2.05) is 64.1 Å². The summed E-state index contributed by atoms with van der Waals surface area (Å²) in [7, 11) is 4.32. The number of carbonyl (C=O) groups is 7. The second-order valence-electron chi connectivity index (χ2n) is 33.1. The number of amides is 7. The van der Waals surface area contributed by atoms with E-state index in [1.54, 1.807) is 11.2 Å². The summed E-state index contributed by atoms with van der Waals surface area (Å²) in [5.74, 6) is 0.839. The summed E-state index contributed by atoms with van der Waals surface area (Å²) >= 11 is 0. The van der Waals surface area contributed by atoms with Crippen molar-refractivity contribution < 1.29 is 43.0 Å². The number of imidazole rings is 3. The van der Waals surface area contributed by atoms with Gasteiger partial charge in [0.15, 0.2) is 0 Å². The Labute approximate surface area is 682 Å². The molecule has 29 nitrogen and oxygen atoms in total. The molecule has 8 N–H and O–H groups in total. The van der Waals surface area contributed by atoms with E-state index in [4.69, 9.17) is 30.2 Å². The highest BCUT2D eigenvalue weighted by atomic mass is 16.5. The standard InChI is InChI=1S/C87H122N20O9/c1-13-32-102(77(110)24-19-45-115-66-22-17-21-60(47-66)83-90-69-28-25-61(50-72(69)93-83)84-91-70-29-26-64(51-73(70)94-84)100-41-37-98(11)38-42-100)56-78(111)103(33-14-2)57-79(112)104(34-15-3)58-80(113)105(35-16-4)59-81(114)106(55-75(88)108)53-63-54-107(97-96-63)36-20-31-89-76(109)23-18-46-116-82-67(86(5,6)7)48-62(49-68(82)87(8,9)10)85-92-71-30-27-65(52-74(71)95-85)101-43-39-99(12)40-44-101/h17,21-22,25-30,47-52,54,96-97H,13-16,18-20,23-24,31-46,53,55-59H2,1-12H3,(H2,88,108)(H,89,109)(H,90,93)(H,91,94)(H,92,95). The first kappa shape index (κ1) is 86.1. The number of anilines is 2. The lowest BCUT2D eigenvalue weighted by molar-refractivity contribution is -0.147. The van der Waals surface area contributed by atoms with E-state index in [2.05, 4.69) is 161 Å². The van der Waals surface area contributed by atoms with Gasteiger partial charge < -0.3 is 85.0 Å². The maximum Gasteiger partial charge on any atom is 0.243 e. The van der Waals surface area contributed by atoms with Crippen LogP contribution in [0.1, 0.15) is 138 Å². The van der Waals surface area contributed by atoms with Crippen molar-refractivity contribution in [1.82, 2.24) is 85.5 Å². The number of rotatable bonds is 39. The highest BCUT2D eigenvalue weighted by Gasteiger charge is 2.32. The van der Waals surface area contributed by atoms with E-state index >= 15 is 0 Å². The normalized spacial score (nSPS) is 14.3. The summed E-state index contributed by atoms with van der Waals surface area (Å²) < 4.78 is 12.9. The van der Waals surface area contributed by atoms with Gasteiger partial charge in [-0.15, -0.1) is 5.53 Å². The molecule has 6 heterocycles. The van der Waals surface area contributed by atoms with Crippen LogP contribution < -0.4 is 41.3 Å². The van der Waals surface area contributed by atoms with Crippen LogP contribution in [0.25, 0.3) is 67.3 Å². The van der Waals surface area contributed by atoms with Crippen molar-refractivity contribution in [2.24, 2.45) is 5.73 Å². The molecule has 624 valence electrons. The zero-order valence-electron chi connectivity index (χ0n) is 70.2. The van der Waals surface area contributed by atoms with E-state index < -0.39 is 30.2 Å². The number of fused-ring (bicyclic) bond motifs is 3. The van der Waals surface area contributed by atoms with E-state index in [9.17, 15) is 33.6 Å². The fraction of sp³-hybridized carbons (Fsp3) is 0.517. The van der Waals surface area contributed by atoms with Crippen LogP contribution in [0.15, 0.2) is 103 Å². The van der Waals surface area contributed by atoms with Crippen LogP contribution in [0.3, 0.4) is 0 Å². The van der Waals surface area contributed by atoms with E-state index in [0.29, 0.717) is 88.5 Å². The minimum Gasteiger partial charge on any atom is -0.494 e. The molecule has 116 heavy (non-hydrogen) atoms. The molecule has 5 aromatic carbocycles. The number of nitrogens with two attached hydrogens (primary N) is 1. The Balaban J connectivity index is 0.609. The molecule has 3 aliphatic rings. The largest absolute Gasteiger partial charge is 0.494 e. The maximum absolute atomic E-state index is 14.3. The summed E-state index contributed by atoms with van der Waals surface area (Å²) in [6.07, 6.45) is 5.83. The fourth-order valence-corrected chi connectivity index (χ4v) is 14.9. The molecule has 29 heteroatoms. The average Bonchev–Trinajstić information content (AvgIpc) is 1.34. The molecule has 0 radical (unpaired) electrons. The maximum atomic E-state index is 14.3. The smallest absolute Gasteiger partial charge is 0.243 e. The number of hydrogen-bond acceptors (Lipinski definition) is 19. The average molecular weight is 1590 g/mol. The number of benzene rings is 5. The van der Waals surface area contributed by atoms with Crippen LogP contribution >= 0.6 is 0 Å². The summed E-state index contributed by atoms with van der Waals surface area (Å²) in [6, 6.07) is 31.0. The SMILES string of the molecule is CCCN(CC(=O)N(CCC)CC(=O)N(CCC)CC(=O)N(CCC)CC(=O)N(CC(N)=O)CC1=CN(CCCNC(=O)CCCOc2c(C(C)(C)C)cc(-c3nc4cc(N5CCN(C)CC5)ccc4[nH]3)cc2C(C)(C)C)NN1)C(=O)CCCOc1cccc(-c2nc3ccc(-c4nc5ccc(N6CCN(C)CC6)cc5[nH]4)cc3[nH]2)c1. The molecule has 0 aliphatic carbocycles. The second-order valence-corrected chi connectivity index (χ2v) is 33.1. The van der Waals surface area contributed by atoms with Gasteiger partial charge in [0, 0.05) is 150 Å². The highest BCUT2D eigenvalue weighted by molar-refractivity contribution is 5.93.